The molecule has 12 heteroatoms. The Morgan fingerprint density at radius 1 is 1.24 bits per heavy atom. The fourth-order valence-corrected chi connectivity index (χ4v) is 5.30. The maximum absolute atomic E-state index is 13.6. The van der Waals surface area contributed by atoms with Gasteiger partial charge in [-0.25, -0.2) is 14.8 Å². The highest BCUT2D eigenvalue weighted by Gasteiger charge is 2.41. The van der Waals surface area contributed by atoms with Gasteiger partial charge in [-0.2, -0.15) is 4.98 Å². The van der Waals surface area contributed by atoms with Crippen molar-refractivity contribution in [1.82, 2.24) is 19.9 Å². The normalized spacial score (nSPS) is 21.4. The van der Waals surface area contributed by atoms with Crippen LogP contribution < -0.4 is 19.9 Å². The molecule has 198 valence electrons. The highest BCUT2D eigenvalue weighted by molar-refractivity contribution is 6.33. The lowest BCUT2D eigenvalue weighted by Gasteiger charge is -2.36. The van der Waals surface area contributed by atoms with Gasteiger partial charge in [-0.15, -0.1) is 0 Å². The van der Waals surface area contributed by atoms with E-state index in [0.29, 0.717) is 35.5 Å². The second-order valence-corrected chi connectivity index (χ2v) is 10.4. The zero-order valence-electron chi connectivity index (χ0n) is 21.3. The number of ether oxygens (including phenoxy) is 3. The van der Waals surface area contributed by atoms with E-state index in [2.05, 4.69) is 25.2 Å². The zero-order chi connectivity index (χ0) is 26.4. The third kappa shape index (κ3) is 4.84. The van der Waals surface area contributed by atoms with Crippen LogP contribution in [0.2, 0.25) is 5.02 Å². The molecule has 2 atom stereocenters. The summed E-state index contributed by atoms with van der Waals surface area (Å²) in [6.45, 7) is 7.81. The average Bonchev–Trinajstić information content (AvgIpc) is 3.46. The third-order valence-corrected chi connectivity index (χ3v) is 7.04. The minimum Gasteiger partial charge on any atom is -0.461 e. The Bertz CT molecular complexity index is 1390. The molecule has 2 fully saturated rings. The lowest BCUT2D eigenvalue weighted by molar-refractivity contribution is -0.141. The Morgan fingerprint density at radius 2 is 2.08 bits per heavy atom. The summed E-state index contributed by atoms with van der Waals surface area (Å²) in [5, 5.41) is 3.42. The minimum atomic E-state index is -0.639. The molecular weight excluding hydrogens is 510 g/mol. The summed E-state index contributed by atoms with van der Waals surface area (Å²) >= 11 is 6.67. The van der Waals surface area contributed by atoms with Gasteiger partial charge in [-0.3, -0.25) is 15.2 Å². The summed E-state index contributed by atoms with van der Waals surface area (Å²) in [5.41, 5.74) is 3.14. The molecule has 2 amide bonds. The number of carbonyl (C=O) groups is 1. The third-order valence-electron chi connectivity index (χ3n) is 6.76. The number of anilines is 3. The zero-order valence-corrected chi connectivity index (χ0v) is 22.1. The Morgan fingerprint density at radius 3 is 2.87 bits per heavy atom. The quantitative estimate of drug-likeness (QED) is 0.514. The van der Waals surface area contributed by atoms with Crippen molar-refractivity contribution in [2.75, 3.05) is 41.4 Å². The number of aromatic nitrogens is 4. The molecule has 2 bridgehead atoms. The van der Waals surface area contributed by atoms with Crippen LogP contribution in [-0.2, 0) is 9.47 Å². The number of pyridine rings is 2. The van der Waals surface area contributed by atoms with Crippen LogP contribution in [-0.4, -0.2) is 70.2 Å². The van der Waals surface area contributed by atoms with Crippen molar-refractivity contribution < 1.29 is 19.0 Å². The SMILES string of the molecule is Cc1cc(-c2nc3c(cc2Cl)N2CC[C@@H](C2)N3C(=O)Nc2ccnc(OCC3COC(C)(C)O3)n2)ccn1. The molecule has 3 aliphatic heterocycles. The van der Waals surface area contributed by atoms with Crippen molar-refractivity contribution in [3.05, 3.63) is 47.4 Å². The van der Waals surface area contributed by atoms with Crippen LogP contribution in [0.15, 0.2) is 36.7 Å². The summed E-state index contributed by atoms with van der Waals surface area (Å²) in [4.78, 5) is 35.2. The summed E-state index contributed by atoms with van der Waals surface area (Å²) < 4.78 is 17.0. The molecule has 0 aromatic carbocycles. The minimum absolute atomic E-state index is 0.0244. The molecule has 0 spiro atoms. The van der Waals surface area contributed by atoms with Crippen molar-refractivity contribution in [3.63, 3.8) is 0 Å². The van der Waals surface area contributed by atoms with E-state index < -0.39 is 5.79 Å². The highest BCUT2D eigenvalue weighted by Crippen LogP contribution is 2.43. The molecule has 6 rings (SSSR count). The van der Waals surface area contributed by atoms with E-state index in [0.717, 1.165) is 29.9 Å². The van der Waals surface area contributed by atoms with E-state index in [1.165, 1.54) is 6.20 Å². The van der Waals surface area contributed by atoms with Gasteiger partial charge in [0.05, 0.1) is 29.1 Å². The molecule has 3 aromatic rings. The standard InChI is InChI=1S/C26H28ClN7O4/c1-15-10-16(4-7-28-15)22-19(27)11-20-23(32-22)34(17-6-9-33(20)12-17)25(35)31-21-5-8-29-24(30-21)36-13-18-14-37-26(2,3)38-18/h4-5,7-8,10-11,17-18H,6,9,12-14H2,1-3H3,(H,29,30,31,35)/t17-,18?/m0/s1. The van der Waals surface area contributed by atoms with Crippen LogP contribution in [0.1, 0.15) is 26.0 Å². The van der Waals surface area contributed by atoms with Crippen molar-refractivity contribution in [1.29, 1.82) is 0 Å². The molecule has 3 aromatic heterocycles. The van der Waals surface area contributed by atoms with Gasteiger partial charge >= 0.3 is 12.0 Å². The molecule has 11 nitrogen and oxygen atoms in total. The van der Waals surface area contributed by atoms with Gasteiger partial charge in [-0.1, -0.05) is 11.6 Å². The lowest BCUT2D eigenvalue weighted by atomic mass is 10.1. The predicted molar refractivity (Wildman–Crippen MR) is 142 cm³/mol. The molecule has 3 aliphatic rings. The summed E-state index contributed by atoms with van der Waals surface area (Å²) in [6.07, 6.45) is 3.86. The van der Waals surface area contributed by atoms with Gasteiger partial charge in [0.15, 0.2) is 11.6 Å². The van der Waals surface area contributed by atoms with Gasteiger partial charge < -0.3 is 19.1 Å². The van der Waals surface area contributed by atoms with Crippen LogP contribution in [0.25, 0.3) is 11.3 Å². The lowest BCUT2D eigenvalue weighted by Crippen LogP contribution is -2.48. The molecule has 0 aliphatic carbocycles. The van der Waals surface area contributed by atoms with Crippen molar-refractivity contribution in [2.45, 2.75) is 45.1 Å². The first-order chi connectivity index (χ1) is 18.3. The number of carbonyl (C=O) groups excluding carboxylic acids is 1. The maximum atomic E-state index is 13.6. The van der Waals surface area contributed by atoms with Gasteiger partial charge in [0.1, 0.15) is 18.5 Å². The number of amides is 2. The number of nitrogens with zero attached hydrogens (tertiary/aromatic N) is 6. The van der Waals surface area contributed by atoms with Crippen LogP contribution in [0.4, 0.5) is 22.1 Å². The van der Waals surface area contributed by atoms with E-state index >= 15 is 0 Å². The van der Waals surface area contributed by atoms with E-state index in [9.17, 15) is 4.79 Å². The molecule has 1 unspecified atom stereocenters. The molecule has 0 saturated carbocycles. The summed E-state index contributed by atoms with van der Waals surface area (Å²) in [5.74, 6) is 0.251. The Balaban J connectivity index is 1.23. The van der Waals surface area contributed by atoms with Gasteiger partial charge in [0.2, 0.25) is 0 Å². The van der Waals surface area contributed by atoms with E-state index in [1.54, 1.807) is 17.2 Å². The fourth-order valence-electron chi connectivity index (χ4n) is 5.04. The van der Waals surface area contributed by atoms with Gasteiger partial charge in [0, 0.05) is 36.7 Å². The van der Waals surface area contributed by atoms with E-state index in [1.807, 2.05) is 39.0 Å². The Hall–Kier alpha value is -3.54. The predicted octanol–water partition coefficient (Wildman–Crippen LogP) is 4.06. The molecular formula is C26H28ClN7O4. The average molecular weight is 538 g/mol. The smallest absolute Gasteiger partial charge is 0.329 e. The van der Waals surface area contributed by atoms with Crippen LogP contribution in [0.3, 0.4) is 0 Å². The van der Waals surface area contributed by atoms with Crippen LogP contribution >= 0.6 is 11.6 Å². The molecule has 6 heterocycles. The molecule has 38 heavy (non-hydrogen) atoms. The topological polar surface area (TPSA) is 115 Å². The number of rotatable bonds is 5. The largest absolute Gasteiger partial charge is 0.461 e. The summed E-state index contributed by atoms with van der Waals surface area (Å²) in [6, 6.07) is 7.09. The fraction of sp³-hybridized carbons (Fsp3) is 0.423. The number of fused-ring (bicyclic) bond motifs is 4. The second-order valence-electron chi connectivity index (χ2n) is 10.0. The van der Waals surface area contributed by atoms with Gasteiger partial charge in [-0.05, 0) is 51.5 Å². The first kappa shape index (κ1) is 24.8. The number of halogens is 1. The number of urea groups is 1. The van der Waals surface area contributed by atoms with E-state index in [-0.39, 0.29) is 30.8 Å². The molecule has 1 N–H and O–H groups in total. The monoisotopic (exact) mass is 537 g/mol. The number of aryl methyl sites for hydroxylation is 1. The highest BCUT2D eigenvalue weighted by atomic mass is 35.5. The van der Waals surface area contributed by atoms with Crippen molar-refractivity contribution >= 4 is 35.0 Å². The second kappa shape index (κ2) is 9.64. The first-order valence-electron chi connectivity index (χ1n) is 12.5. The molecule has 2 saturated heterocycles. The first-order valence-corrected chi connectivity index (χ1v) is 12.9. The summed E-state index contributed by atoms with van der Waals surface area (Å²) in [7, 11) is 0. The molecule has 0 radical (unpaired) electrons. The van der Waals surface area contributed by atoms with Crippen molar-refractivity contribution in [2.24, 2.45) is 0 Å². The number of nitrogens with one attached hydrogen (secondary N) is 1. The Labute approximate surface area is 225 Å². The Kier molecular flexibility index (Phi) is 6.29. The maximum Gasteiger partial charge on any atom is 0.329 e. The van der Waals surface area contributed by atoms with Gasteiger partial charge in [0.25, 0.3) is 0 Å². The van der Waals surface area contributed by atoms with Crippen LogP contribution in [0.5, 0.6) is 6.01 Å². The van der Waals surface area contributed by atoms with Crippen LogP contribution in [0, 0.1) is 6.92 Å². The van der Waals surface area contributed by atoms with E-state index in [4.69, 9.17) is 30.8 Å². The number of hydrogen-bond donors (Lipinski definition) is 1. The van der Waals surface area contributed by atoms with Crippen molar-refractivity contribution in [3.8, 4) is 17.3 Å². The number of hydrogen-bond acceptors (Lipinski definition) is 9.